The summed E-state index contributed by atoms with van der Waals surface area (Å²) in [5.41, 5.74) is 0.403. The second-order valence-corrected chi connectivity index (χ2v) is 7.06. The van der Waals surface area contributed by atoms with Gasteiger partial charge < -0.3 is 20.1 Å². The van der Waals surface area contributed by atoms with Crippen LogP contribution in [-0.4, -0.2) is 44.1 Å². The van der Waals surface area contributed by atoms with Crippen LogP contribution in [0, 0.1) is 11.8 Å². The lowest BCUT2D eigenvalue weighted by Gasteiger charge is -2.21. The zero-order valence-corrected chi connectivity index (χ0v) is 16.7. The minimum Gasteiger partial charge on any atom is -0.497 e. The highest BCUT2D eigenvalue weighted by atomic mass is 16.5. The second-order valence-electron chi connectivity index (χ2n) is 7.06. The van der Waals surface area contributed by atoms with E-state index < -0.39 is 17.9 Å². The highest BCUT2D eigenvalue weighted by Crippen LogP contribution is 2.12. The van der Waals surface area contributed by atoms with Gasteiger partial charge in [-0.15, -0.1) is 0 Å². The minimum absolute atomic E-state index is 0.191. The highest BCUT2D eigenvalue weighted by molar-refractivity contribution is 5.97. The quantitative estimate of drug-likeness (QED) is 0.609. The van der Waals surface area contributed by atoms with Crippen LogP contribution in [0.4, 0.5) is 0 Å². The Labute approximate surface area is 160 Å². The van der Waals surface area contributed by atoms with E-state index >= 15 is 0 Å². The van der Waals surface area contributed by atoms with Gasteiger partial charge in [0.1, 0.15) is 11.8 Å². The molecule has 0 saturated carbocycles. The Bertz CT molecular complexity index is 626. The molecule has 2 N–H and O–H groups in total. The van der Waals surface area contributed by atoms with Crippen molar-refractivity contribution in [1.82, 2.24) is 10.6 Å². The van der Waals surface area contributed by atoms with Crippen LogP contribution in [0.1, 0.15) is 44.5 Å². The summed E-state index contributed by atoms with van der Waals surface area (Å²) in [6.45, 7) is 7.89. The average molecular weight is 378 g/mol. The minimum atomic E-state index is -0.844. The SMILES string of the molecule is COc1ccc(C(=O)N[C@H](C(=O)OCC(=O)NCCC(C)C)C(C)C)cc1. The van der Waals surface area contributed by atoms with E-state index in [2.05, 4.69) is 24.5 Å². The Morgan fingerprint density at radius 2 is 1.67 bits per heavy atom. The summed E-state index contributed by atoms with van der Waals surface area (Å²) in [4.78, 5) is 36.4. The third-order valence-electron chi connectivity index (χ3n) is 3.95. The Hall–Kier alpha value is -2.57. The van der Waals surface area contributed by atoms with Crippen LogP contribution in [0.25, 0.3) is 0 Å². The molecule has 0 fully saturated rings. The number of amides is 2. The van der Waals surface area contributed by atoms with Crippen molar-refractivity contribution < 1.29 is 23.9 Å². The first-order chi connectivity index (χ1) is 12.7. The van der Waals surface area contributed by atoms with Crippen LogP contribution in [0.15, 0.2) is 24.3 Å². The van der Waals surface area contributed by atoms with E-state index in [0.29, 0.717) is 23.8 Å². The average Bonchev–Trinajstić information content (AvgIpc) is 2.63. The van der Waals surface area contributed by atoms with E-state index in [4.69, 9.17) is 9.47 Å². The van der Waals surface area contributed by atoms with Crippen molar-refractivity contribution in [2.75, 3.05) is 20.3 Å². The van der Waals surface area contributed by atoms with Crippen LogP contribution >= 0.6 is 0 Å². The Kier molecular flexibility index (Phi) is 9.33. The van der Waals surface area contributed by atoms with Gasteiger partial charge in [-0.25, -0.2) is 4.79 Å². The van der Waals surface area contributed by atoms with Crippen LogP contribution in [0.3, 0.4) is 0 Å². The molecule has 0 aliphatic heterocycles. The summed E-state index contributed by atoms with van der Waals surface area (Å²) in [7, 11) is 1.54. The summed E-state index contributed by atoms with van der Waals surface area (Å²) in [6, 6.07) is 5.71. The lowest BCUT2D eigenvalue weighted by molar-refractivity contribution is -0.151. The largest absolute Gasteiger partial charge is 0.497 e. The van der Waals surface area contributed by atoms with Gasteiger partial charge in [0, 0.05) is 12.1 Å². The van der Waals surface area contributed by atoms with Gasteiger partial charge in [0.05, 0.1) is 7.11 Å². The van der Waals surface area contributed by atoms with E-state index in [0.717, 1.165) is 6.42 Å². The number of ether oxygens (including phenoxy) is 2. The molecule has 0 aliphatic rings. The number of hydrogen-bond donors (Lipinski definition) is 2. The van der Waals surface area contributed by atoms with Gasteiger partial charge >= 0.3 is 5.97 Å². The maximum absolute atomic E-state index is 12.4. The molecule has 0 bridgehead atoms. The highest BCUT2D eigenvalue weighted by Gasteiger charge is 2.26. The van der Waals surface area contributed by atoms with E-state index in [1.807, 2.05) is 0 Å². The van der Waals surface area contributed by atoms with Gasteiger partial charge in [-0.2, -0.15) is 0 Å². The summed E-state index contributed by atoms with van der Waals surface area (Å²) >= 11 is 0. The van der Waals surface area contributed by atoms with Gasteiger partial charge in [0.15, 0.2) is 6.61 Å². The van der Waals surface area contributed by atoms with Crippen LogP contribution < -0.4 is 15.4 Å². The number of nitrogens with one attached hydrogen (secondary N) is 2. The fourth-order valence-electron chi connectivity index (χ4n) is 2.24. The molecule has 1 rings (SSSR count). The normalized spacial score (nSPS) is 11.8. The number of rotatable bonds is 10. The first-order valence-electron chi connectivity index (χ1n) is 9.12. The fourth-order valence-corrected chi connectivity index (χ4v) is 2.24. The number of benzene rings is 1. The molecule has 27 heavy (non-hydrogen) atoms. The number of hydrogen-bond acceptors (Lipinski definition) is 5. The number of carbonyl (C=O) groups excluding carboxylic acids is 3. The molecule has 0 saturated heterocycles. The molecule has 7 nitrogen and oxygen atoms in total. The zero-order valence-electron chi connectivity index (χ0n) is 16.7. The zero-order chi connectivity index (χ0) is 20.4. The molecule has 0 unspecified atom stereocenters. The van der Waals surface area contributed by atoms with E-state index in [9.17, 15) is 14.4 Å². The predicted octanol–water partition coefficient (Wildman–Crippen LogP) is 2.16. The van der Waals surface area contributed by atoms with Crippen molar-refractivity contribution in [2.24, 2.45) is 11.8 Å². The summed E-state index contributed by atoms with van der Waals surface area (Å²) in [5, 5.41) is 5.37. The maximum Gasteiger partial charge on any atom is 0.329 e. The van der Waals surface area contributed by atoms with Crippen molar-refractivity contribution in [3.05, 3.63) is 29.8 Å². The smallest absolute Gasteiger partial charge is 0.329 e. The monoisotopic (exact) mass is 378 g/mol. The Morgan fingerprint density at radius 1 is 1.04 bits per heavy atom. The van der Waals surface area contributed by atoms with Gasteiger partial charge in [0.25, 0.3) is 11.8 Å². The summed E-state index contributed by atoms with van der Waals surface area (Å²) in [6.07, 6.45) is 0.853. The summed E-state index contributed by atoms with van der Waals surface area (Å²) in [5.74, 6) is -0.460. The molecular formula is C20H30N2O5. The van der Waals surface area contributed by atoms with Crippen molar-refractivity contribution >= 4 is 17.8 Å². The molecular weight excluding hydrogens is 348 g/mol. The predicted molar refractivity (Wildman–Crippen MR) is 103 cm³/mol. The van der Waals surface area contributed by atoms with Gasteiger partial charge in [-0.1, -0.05) is 27.7 Å². The van der Waals surface area contributed by atoms with E-state index in [-0.39, 0.29) is 18.4 Å². The fraction of sp³-hybridized carbons (Fsp3) is 0.550. The first kappa shape index (κ1) is 22.5. The lowest BCUT2D eigenvalue weighted by Crippen LogP contribution is -2.46. The third kappa shape index (κ3) is 8.11. The third-order valence-corrected chi connectivity index (χ3v) is 3.95. The van der Waals surface area contributed by atoms with Gasteiger partial charge in [-0.3, -0.25) is 9.59 Å². The second kappa shape index (κ2) is 11.2. The molecule has 1 atom stereocenters. The first-order valence-corrected chi connectivity index (χ1v) is 9.12. The number of esters is 1. The topological polar surface area (TPSA) is 93.7 Å². The number of carbonyl (C=O) groups is 3. The molecule has 7 heteroatoms. The molecule has 0 aromatic heterocycles. The lowest BCUT2D eigenvalue weighted by atomic mass is 10.0. The van der Waals surface area contributed by atoms with Crippen molar-refractivity contribution in [2.45, 2.75) is 40.2 Å². The molecule has 150 valence electrons. The van der Waals surface area contributed by atoms with Crippen LogP contribution in [0.2, 0.25) is 0 Å². The number of methoxy groups -OCH3 is 1. The Morgan fingerprint density at radius 3 is 2.19 bits per heavy atom. The van der Waals surface area contributed by atoms with Crippen molar-refractivity contribution in [1.29, 1.82) is 0 Å². The molecule has 1 aromatic rings. The maximum atomic E-state index is 12.4. The van der Waals surface area contributed by atoms with E-state index in [1.54, 1.807) is 45.2 Å². The molecule has 0 radical (unpaired) electrons. The summed E-state index contributed by atoms with van der Waals surface area (Å²) < 4.78 is 10.1. The van der Waals surface area contributed by atoms with Gasteiger partial charge in [-0.05, 0) is 42.5 Å². The van der Waals surface area contributed by atoms with Crippen molar-refractivity contribution in [3.8, 4) is 5.75 Å². The molecule has 1 aromatic carbocycles. The van der Waals surface area contributed by atoms with Crippen molar-refractivity contribution in [3.63, 3.8) is 0 Å². The molecule has 0 heterocycles. The molecule has 2 amide bonds. The van der Waals surface area contributed by atoms with Crippen LogP contribution in [-0.2, 0) is 14.3 Å². The Balaban J connectivity index is 2.57. The van der Waals surface area contributed by atoms with Gasteiger partial charge in [0.2, 0.25) is 0 Å². The molecule has 0 spiro atoms. The standard InChI is InChI=1S/C20H30N2O5/c1-13(2)10-11-21-17(23)12-27-20(25)18(14(3)4)22-19(24)15-6-8-16(26-5)9-7-15/h6-9,13-14,18H,10-12H2,1-5H3,(H,21,23)(H,22,24)/t18-/m0/s1. The molecule has 0 aliphatic carbocycles. The van der Waals surface area contributed by atoms with E-state index in [1.165, 1.54) is 0 Å². The van der Waals surface area contributed by atoms with Crippen LogP contribution in [0.5, 0.6) is 5.75 Å².